The van der Waals surface area contributed by atoms with Crippen LogP contribution in [-0.2, 0) is 0 Å². The number of halogens is 5. The van der Waals surface area contributed by atoms with E-state index in [1.54, 1.807) is 0 Å². The zero-order chi connectivity index (χ0) is 7.71. The lowest BCUT2D eigenvalue weighted by Crippen LogP contribution is -2.07. The van der Waals surface area contributed by atoms with Crippen LogP contribution in [0.3, 0.4) is 0 Å². The fourth-order valence-electron chi connectivity index (χ4n) is 0.135. The minimum Gasteiger partial charge on any atom is -0.200 e. The van der Waals surface area contributed by atoms with Gasteiger partial charge >= 0.3 is 3.92 Å². The van der Waals surface area contributed by atoms with Gasteiger partial charge in [0.05, 0.1) is 0 Å². The quantitative estimate of drug-likeness (QED) is 0.653. The smallest absolute Gasteiger partial charge is 0.200 e. The number of thioether (sulfide) groups is 1. The Morgan fingerprint density at radius 1 is 1.22 bits per heavy atom. The first-order chi connectivity index (χ1) is 3.71. The van der Waals surface area contributed by atoms with E-state index < -0.39 is 7.71 Å². The molecule has 0 heterocycles. The summed E-state index contributed by atoms with van der Waals surface area (Å²) in [5.74, 6) is 0. The lowest BCUT2D eigenvalue weighted by Gasteiger charge is -2.13. The first-order valence-corrected chi connectivity index (χ1v) is 3.92. The Labute approximate surface area is 75.6 Å². The van der Waals surface area contributed by atoms with Gasteiger partial charge in [0.1, 0.15) is 0 Å². The molecule has 0 nitrogen and oxygen atoms in total. The minimum absolute atomic E-state index is 0.208. The molecule has 0 saturated carbocycles. The van der Waals surface area contributed by atoms with E-state index in [0.717, 1.165) is 0 Å². The molecule has 0 aromatic rings. The summed E-state index contributed by atoms with van der Waals surface area (Å²) in [4.78, 5) is 0. The molecule has 0 aliphatic heterocycles. The van der Waals surface area contributed by atoms with Crippen LogP contribution in [0.5, 0.6) is 0 Å². The number of hydrogen-bond acceptors (Lipinski definition) is 1. The molecule has 0 N–H and O–H groups in total. The van der Waals surface area contributed by atoms with E-state index in [1.807, 2.05) is 0 Å². The van der Waals surface area contributed by atoms with E-state index in [0.29, 0.717) is 0 Å². The second-order valence-electron chi connectivity index (χ2n) is 1.01. The van der Waals surface area contributed by atoms with Crippen molar-refractivity contribution in [2.75, 3.05) is 0 Å². The number of rotatable bonds is 2. The summed E-state index contributed by atoms with van der Waals surface area (Å²) in [7, 11) is 0. The van der Waals surface area contributed by atoms with Gasteiger partial charge in [-0.25, -0.2) is 4.39 Å². The summed E-state index contributed by atoms with van der Waals surface area (Å²) in [6.45, 7) is 0. The molecular weight excluding hydrogens is 233 g/mol. The van der Waals surface area contributed by atoms with Crippen LogP contribution < -0.4 is 0 Å². The second kappa shape index (κ2) is 3.22. The summed E-state index contributed by atoms with van der Waals surface area (Å²) in [6, 6.07) is 0. The van der Waals surface area contributed by atoms with E-state index >= 15 is 0 Å². The average molecular weight is 233 g/mol. The fourth-order valence-corrected chi connectivity index (χ4v) is 2.22. The van der Waals surface area contributed by atoms with E-state index in [9.17, 15) is 8.78 Å². The molecular formula is C2Cl3F2S2. The maximum atomic E-state index is 12.0. The van der Waals surface area contributed by atoms with Crippen LogP contribution in [-0.4, -0.2) is 7.71 Å². The Bertz CT molecular complexity index is 83.0. The summed E-state index contributed by atoms with van der Waals surface area (Å²) >= 11 is 17.8. The molecule has 0 saturated heterocycles. The zero-order valence-electron chi connectivity index (χ0n) is 3.71. The van der Waals surface area contributed by atoms with Crippen LogP contribution in [0.2, 0.25) is 0 Å². The van der Waals surface area contributed by atoms with E-state index in [1.165, 1.54) is 0 Å². The molecule has 1 atom stereocenters. The standard InChI is InChI=1S/C2Cl3F2S2/c3-1(4,6)9-2(5,7)8. The van der Waals surface area contributed by atoms with Gasteiger partial charge in [-0.15, -0.1) is 0 Å². The molecule has 0 aliphatic carbocycles. The van der Waals surface area contributed by atoms with Crippen molar-refractivity contribution in [3.63, 3.8) is 0 Å². The monoisotopic (exact) mass is 231 g/mol. The molecule has 1 unspecified atom stereocenters. The molecule has 0 aliphatic rings. The highest BCUT2D eigenvalue weighted by molar-refractivity contribution is 8.15. The Balaban J connectivity index is 3.75. The molecule has 0 amide bonds. The molecule has 0 fully saturated rings. The molecule has 0 rings (SSSR count). The highest BCUT2D eigenvalue weighted by Crippen LogP contribution is 2.49. The highest BCUT2D eigenvalue weighted by Gasteiger charge is 2.37. The lowest BCUT2D eigenvalue weighted by atomic mass is 11.7. The Hall–Kier alpha value is 1.43. The predicted octanol–water partition coefficient (Wildman–Crippen LogP) is 3.80. The molecule has 0 bridgehead atoms. The number of hydrogen-bond donors (Lipinski definition) is 0. The SMILES string of the molecule is FC([S])(Cl)SC(F)(Cl)Cl. The van der Waals surface area contributed by atoms with Gasteiger partial charge in [-0.1, -0.05) is 34.8 Å². The van der Waals surface area contributed by atoms with Crippen molar-refractivity contribution in [2.24, 2.45) is 0 Å². The van der Waals surface area contributed by atoms with Crippen LogP contribution in [0.15, 0.2) is 0 Å². The van der Waals surface area contributed by atoms with Crippen molar-refractivity contribution in [1.82, 2.24) is 0 Å². The Morgan fingerprint density at radius 3 is 1.56 bits per heavy atom. The van der Waals surface area contributed by atoms with Crippen molar-refractivity contribution in [1.29, 1.82) is 0 Å². The van der Waals surface area contributed by atoms with Crippen molar-refractivity contribution >= 4 is 59.2 Å². The van der Waals surface area contributed by atoms with E-state index in [2.05, 4.69) is 35.8 Å². The van der Waals surface area contributed by atoms with Crippen molar-refractivity contribution in [2.45, 2.75) is 7.71 Å². The van der Waals surface area contributed by atoms with Crippen LogP contribution in [0, 0.1) is 0 Å². The van der Waals surface area contributed by atoms with Crippen LogP contribution >= 0.6 is 59.2 Å². The maximum Gasteiger partial charge on any atom is 0.309 e. The largest absolute Gasteiger partial charge is 0.309 e. The Morgan fingerprint density at radius 2 is 1.56 bits per heavy atom. The van der Waals surface area contributed by atoms with Gasteiger partial charge in [-0.05, 0) is 24.4 Å². The number of alkyl halides is 5. The third-order valence-corrected chi connectivity index (χ3v) is 1.65. The first-order valence-electron chi connectivity index (χ1n) is 1.56. The van der Waals surface area contributed by atoms with E-state index in [4.69, 9.17) is 11.6 Å². The summed E-state index contributed by atoms with van der Waals surface area (Å²) in [6.07, 6.45) is 0. The molecule has 9 heavy (non-hydrogen) atoms. The average Bonchev–Trinajstić information content (AvgIpc) is 1.14. The summed E-state index contributed by atoms with van der Waals surface area (Å²) in [5, 5.41) is 0. The van der Waals surface area contributed by atoms with Gasteiger partial charge in [-0.3, -0.25) is 0 Å². The molecule has 1 radical (unpaired) electrons. The molecule has 0 aromatic heterocycles. The molecule has 55 valence electrons. The highest BCUT2D eigenvalue weighted by atomic mass is 35.5. The van der Waals surface area contributed by atoms with Crippen molar-refractivity contribution < 1.29 is 8.78 Å². The second-order valence-corrected chi connectivity index (χ2v) is 5.81. The summed E-state index contributed by atoms with van der Waals surface area (Å²) < 4.78 is 18.6. The zero-order valence-corrected chi connectivity index (χ0v) is 7.61. The third kappa shape index (κ3) is 9.43. The van der Waals surface area contributed by atoms with Crippen LogP contribution in [0.25, 0.3) is 0 Å². The summed E-state index contributed by atoms with van der Waals surface area (Å²) in [5.41, 5.74) is 0. The maximum absolute atomic E-state index is 12.0. The molecule has 0 aromatic carbocycles. The minimum atomic E-state index is -2.77. The Kier molecular flexibility index (Phi) is 3.73. The fraction of sp³-hybridized carbons (Fsp3) is 1.00. The van der Waals surface area contributed by atoms with Crippen molar-refractivity contribution in [3.8, 4) is 0 Å². The van der Waals surface area contributed by atoms with Gasteiger partial charge in [0.15, 0.2) is 0 Å². The third-order valence-electron chi connectivity index (χ3n) is 0.235. The van der Waals surface area contributed by atoms with Gasteiger partial charge in [0, 0.05) is 0 Å². The van der Waals surface area contributed by atoms with Crippen molar-refractivity contribution in [3.05, 3.63) is 0 Å². The van der Waals surface area contributed by atoms with E-state index in [-0.39, 0.29) is 11.8 Å². The predicted molar refractivity (Wildman–Crippen MR) is 40.4 cm³/mol. The van der Waals surface area contributed by atoms with Crippen LogP contribution in [0.1, 0.15) is 0 Å². The van der Waals surface area contributed by atoms with Crippen LogP contribution in [0.4, 0.5) is 8.78 Å². The van der Waals surface area contributed by atoms with Gasteiger partial charge < -0.3 is 0 Å². The normalized spacial score (nSPS) is 19.3. The molecule has 0 spiro atoms. The lowest BCUT2D eigenvalue weighted by molar-refractivity contribution is 0.488. The van der Waals surface area contributed by atoms with Gasteiger partial charge in [0.25, 0.3) is 3.79 Å². The van der Waals surface area contributed by atoms with Gasteiger partial charge in [-0.2, -0.15) is 4.39 Å². The topological polar surface area (TPSA) is 0 Å². The van der Waals surface area contributed by atoms with Gasteiger partial charge in [0.2, 0.25) is 0 Å². The molecule has 7 heteroatoms. The first kappa shape index (κ1) is 10.4.